The van der Waals surface area contributed by atoms with Gasteiger partial charge < -0.3 is 14.5 Å². The Kier molecular flexibility index (Phi) is 6.20. The number of carbonyl (C=O) groups excluding carboxylic acids is 1. The SMILES string of the molecule is CCN(CCN(C)C(=O)OC(C)(C)C)c1cncc(Cl)n1. The monoisotopic (exact) mass is 314 g/mol. The lowest BCUT2D eigenvalue weighted by molar-refractivity contribution is 0.0303. The maximum absolute atomic E-state index is 11.9. The highest BCUT2D eigenvalue weighted by Gasteiger charge is 2.20. The van der Waals surface area contributed by atoms with Crippen LogP contribution in [-0.4, -0.2) is 53.2 Å². The summed E-state index contributed by atoms with van der Waals surface area (Å²) >= 11 is 5.85. The van der Waals surface area contributed by atoms with Crippen LogP contribution >= 0.6 is 11.6 Å². The minimum absolute atomic E-state index is 0.337. The number of hydrogen-bond acceptors (Lipinski definition) is 5. The van der Waals surface area contributed by atoms with Crippen molar-refractivity contribution < 1.29 is 9.53 Å². The Morgan fingerprint density at radius 3 is 2.52 bits per heavy atom. The second-order valence-corrected chi connectivity index (χ2v) is 6.07. The molecule has 0 N–H and O–H groups in total. The average molecular weight is 315 g/mol. The molecule has 118 valence electrons. The summed E-state index contributed by atoms with van der Waals surface area (Å²) in [6.45, 7) is 9.45. The number of ether oxygens (including phenoxy) is 1. The Balaban J connectivity index is 2.57. The summed E-state index contributed by atoms with van der Waals surface area (Å²) in [5, 5.41) is 0.353. The summed E-state index contributed by atoms with van der Waals surface area (Å²) in [5.74, 6) is 0.697. The van der Waals surface area contributed by atoms with Crippen LogP contribution in [0.1, 0.15) is 27.7 Å². The van der Waals surface area contributed by atoms with Gasteiger partial charge in [-0.1, -0.05) is 11.6 Å². The molecule has 0 bridgehead atoms. The summed E-state index contributed by atoms with van der Waals surface area (Å²) in [5.41, 5.74) is -0.492. The fraction of sp³-hybridized carbons (Fsp3) is 0.643. The van der Waals surface area contributed by atoms with Gasteiger partial charge >= 0.3 is 6.09 Å². The molecular weight excluding hydrogens is 292 g/mol. The third kappa shape index (κ3) is 6.16. The van der Waals surface area contributed by atoms with Crippen molar-refractivity contribution in [3.05, 3.63) is 17.5 Å². The molecule has 0 saturated carbocycles. The Hall–Kier alpha value is -1.56. The molecule has 1 amide bonds. The summed E-state index contributed by atoms with van der Waals surface area (Å²) < 4.78 is 5.31. The largest absolute Gasteiger partial charge is 0.444 e. The maximum Gasteiger partial charge on any atom is 0.410 e. The van der Waals surface area contributed by atoms with E-state index >= 15 is 0 Å². The zero-order chi connectivity index (χ0) is 16.0. The highest BCUT2D eigenvalue weighted by atomic mass is 35.5. The van der Waals surface area contributed by atoms with Crippen LogP contribution in [0.4, 0.5) is 10.6 Å². The lowest BCUT2D eigenvalue weighted by Crippen LogP contribution is -2.39. The van der Waals surface area contributed by atoms with Gasteiger partial charge in [0, 0.05) is 26.7 Å². The van der Waals surface area contributed by atoms with E-state index in [2.05, 4.69) is 9.97 Å². The van der Waals surface area contributed by atoms with Crippen molar-refractivity contribution in [2.75, 3.05) is 31.6 Å². The number of halogens is 1. The third-order valence-electron chi connectivity index (χ3n) is 2.71. The molecule has 0 aliphatic heterocycles. The maximum atomic E-state index is 11.9. The van der Waals surface area contributed by atoms with Gasteiger partial charge in [0.15, 0.2) is 0 Å². The van der Waals surface area contributed by atoms with Crippen LogP contribution in [0.25, 0.3) is 0 Å². The van der Waals surface area contributed by atoms with Gasteiger partial charge in [0.2, 0.25) is 0 Å². The van der Waals surface area contributed by atoms with Crippen LogP contribution in [0.5, 0.6) is 0 Å². The Bertz CT molecular complexity index is 476. The smallest absolute Gasteiger partial charge is 0.410 e. The molecule has 0 aliphatic carbocycles. The van der Waals surface area contributed by atoms with Crippen molar-refractivity contribution in [3.63, 3.8) is 0 Å². The predicted octanol–water partition coefficient (Wildman–Crippen LogP) is 2.82. The van der Waals surface area contributed by atoms with Crippen molar-refractivity contribution in [2.24, 2.45) is 0 Å². The molecule has 0 fully saturated rings. The molecule has 0 aliphatic rings. The fourth-order valence-electron chi connectivity index (χ4n) is 1.62. The molecule has 0 atom stereocenters. The molecule has 0 saturated heterocycles. The van der Waals surface area contributed by atoms with Crippen molar-refractivity contribution in [1.29, 1.82) is 0 Å². The van der Waals surface area contributed by atoms with Gasteiger partial charge in [-0.3, -0.25) is 4.98 Å². The van der Waals surface area contributed by atoms with Crippen molar-refractivity contribution in [3.8, 4) is 0 Å². The van der Waals surface area contributed by atoms with Gasteiger partial charge in [0.05, 0.1) is 12.4 Å². The number of carbonyl (C=O) groups is 1. The second kappa shape index (κ2) is 7.45. The summed E-state index contributed by atoms with van der Waals surface area (Å²) in [4.78, 5) is 23.7. The van der Waals surface area contributed by atoms with Gasteiger partial charge in [-0.25, -0.2) is 9.78 Å². The molecule has 1 aromatic rings. The normalized spacial score (nSPS) is 11.1. The van der Waals surface area contributed by atoms with E-state index in [1.807, 2.05) is 32.6 Å². The van der Waals surface area contributed by atoms with E-state index < -0.39 is 5.60 Å². The molecular formula is C14H23ClN4O2. The number of aromatic nitrogens is 2. The van der Waals surface area contributed by atoms with Gasteiger partial charge in [-0.05, 0) is 27.7 Å². The van der Waals surface area contributed by atoms with E-state index in [-0.39, 0.29) is 6.09 Å². The molecule has 0 spiro atoms. The molecule has 0 aromatic carbocycles. The van der Waals surface area contributed by atoms with Crippen LogP contribution in [0.3, 0.4) is 0 Å². The highest BCUT2D eigenvalue weighted by molar-refractivity contribution is 6.29. The van der Waals surface area contributed by atoms with E-state index in [1.165, 1.54) is 6.20 Å². The van der Waals surface area contributed by atoms with Crippen molar-refractivity contribution in [2.45, 2.75) is 33.3 Å². The highest BCUT2D eigenvalue weighted by Crippen LogP contribution is 2.13. The quantitative estimate of drug-likeness (QED) is 0.836. The first-order chi connectivity index (χ1) is 9.73. The summed E-state index contributed by atoms with van der Waals surface area (Å²) in [6.07, 6.45) is 2.81. The van der Waals surface area contributed by atoms with Gasteiger partial charge in [-0.15, -0.1) is 0 Å². The van der Waals surface area contributed by atoms with Crippen molar-refractivity contribution in [1.82, 2.24) is 14.9 Å². The van der Waals surface area contributed by atoms with Gasteiger partial charge in [-0.2, -0.15) is 0 Å². The molecule has 1 aromatic heterocycles. The second-order valence-electron chi connectivity index (χ2n) is 5.68. The Labute approximate surface area is 131 Å². The fourth-order valence-corrected chi connectivity index (χ4v) is 1.76. The van der Waals surface area contributed by atoms with E-state index in [4.69, 9.17) is 16.3 Å². The average Bonchev–Trinajstić information content (AvgIpc) is 2.37. The number of anilines is 1. The number of nitrogens with zero attached hydrogens (tertiary/aromatic N) is 4. The first-order valence-electron chi connectivity index (χ1n) is 6.89. The zero-order valence-corrected chi connectivity index (χ0v) is 14.0. The summed E-state index contributed by atoms with van der Waals surface area (Å²) in [7, 11) is 1.71. The topological polar surface area (TPSA) is 58.6 Å². The Morgan fingerprint density at radius 2 is 2.00 bits per heavy atom. The minimum atomic E-state index is -0.492. The van der Waals surface area contributed by atoms with Gasteiger partial charge in [0.1, 0.15) is 16.6 Å². The molecule has 6 nitrogen and oxygen atoms in total. The molecule has 0 radical (unpaired) electrons. The lowest BCUT2D eigenvalue weighted by atomic mass is 10.2. The molecule has 21 heavy (non-hydrogen) atoms. The molecule has 1 heterocycles. The Morgan fingerprint density at radius 1 is 1.33 bits per heavy atom. The molecule has 1 rings (SSSR count). The lowest BCUT2D eigenvalue weighted by Gasteiger charge is -2.27. The first kappa shape index (κ1) is 17.5. The first-order valence-corrected chi connectivity index (χ1v) is 7.27. The third-order valence-corrected chi connectivity index (χ3v) is 2.89. The molecule has 0 unspecified atom stereocenters. The molecule has 7 heteroatoms. The number of amides is 1. The van der Waals surface area contributed by atoms with E-state index in [0.717, 1.165) is 6.54 Å². The van der Waals surface area contributed by atoms with Crippen LogP contribution in [0, 0.1) is 0 Å². The summed E-state index contributed by atoms with van der Waals surface area (Å²) in [6, 6.07) is 0. The van der Waals surface area contributed by atoms with Crippen LogP contribution in [0.15, 0.2) is 12.4 Å². The number of hydrogen-bond donors (Lipinski definition) is 0. The predicted molar refractivity (Wildman–Crippen MR) is 83.8 cm³/mol. The van der Waals surface area contributed by atoms with Gasteiger partial charge in [0.25, 0.3) is 0 Å². The zero-order valence-electron chi connectivity index (χ0n) is 13.3. The van der Waals surface area contributed by atoms with Crippen LogP contribution in [-0.2, 0) is 4.74 Å². The number of likely N-dealkylation sites (N-methyl/N-ethyl adjacent to an activating group) is 2. The van der Waals surface area contributed by atoms with E-state index in [1.54, 1.807) is 18.1 Å². The van der Waals surface area contributed by atoms with E-state index in [9.17, 15) is 4.79 Å². The van der Waals surface area contributed by atoms with Crippen LogP contribution < -0.4 is 4.90 Å². The van der Waals surface area contributed by atoms with E-state index in [0.29, 0.717) is 24.1 Å². The number of rotatable bonds is 5. The van der Waals surface area contributed by atoms with Crippen molar-refractivity contribution >= 4 is 23.5 Å². The van der Waals surface area contributed by atoms with Crippen LogP contribution in [0.2, 0.25) is 5.15 Å². The standard InChI is InChI=1S/C14H23ClN4O2/c1-6-19(12-10-16-9-11(15)17-12)8-7-18(5)13(20)21-14(2,3)4/h9-10H,6-8H2,1-5H3. The minimum Gasteiger partial charge on any atom is -0.444 e.